The number of ketones is 1. The molecule has 1 aromatic heterocycles. The highest BCUT2D eigenvalue weighted by Gasteiger charge is 2.30. The third-order valence-corrected chi connectivity index (χ3v) is 4.21. The molecule has 7 heteroatoms. The Morgan fingerprint density at radius 1 is 1.24 bits per heavy atom. The van der Waals surface area contributed by atoms with Crippen molar-refractivity contribution < 1.29 is 19.1 Å². The lowest BCUT2D eigenvalue weighted by Crippen LogP contribution is -2.22. The normalized spacial score (nSPS) is 16.1. The highest BCUT2D eigenvalue weighted by atomic mass is 16.5. The number of Topliss-reactive ketones (excluding diaryl/α,β-unsaturated/α-hetero) is 1. The van der Waals surface area contributed by atoms with E-state index in [2.05, 4.69) is 15.3 Å². The summed E-state index contributed by atoms with van der Waals surface area (Å²) in [6, 6.07) is 5.56. The Morgan fingerprint density at radius 2 is 2.04 bits per heavy atom. The van der Waals surface area contributed by atoms with Crippen LogP contribution in [0.2, 0.25) is 0 Å². The summed E-state index contributed by atoms with van der Waals surface area (Å²) < 4.78 is 10.7. The zero-order valence-corrected chi connectivity index (χ0v) is 14.3. The van der Waals surface area contributed by atoms with E-state index in [-0.39, 0.29) is 23.6 Å². The van der Waals surface area contributed by atoms with Crippen molar-refractivity contribution in [1.82, 2.24) is 9.97 Å². The number of carbonyl (C=O) groups excluding carboxylic acids is 2. The topological polar surface area (TPSA) is 90.4 Å². The molecule has 25 heavy (non-hydrogen) atoms. The van der Waals surface area contributed by atoms with Crippen LogP contribution in [0.5, 0.6) is 11.5 Å². The predicted octanol–water partition coefficient (Wildman–Crippen LogP) is 2.36. The molecule has 1 N–H and O–H groups in total. The zero-order valence-electron chi connectivity index (χ0n) is 14.3. The summed E-state index contributed by atoms with van der Waals surface area (Å²) >= 11 is 0. The molecule has 0 aliphatic heterocycles. The second-order valence-corrected chi connectivity index (χ2v) is 5.87. The molecule has 1 aromatic carbocycles. The molecule has 3 rings (SSSR count). The Morgan fingerprint density at radius 3 is 2.72 bits per heavy atom. The minimum atomic E-state index is -0.254. The number of amides is 1. The second-order valence-electron chi connectivity index (χ2n) is 5.87. The SMILES string of the molecule is COc1ccc([C@H]2CC(=O)c3cnc(NC(C)=O)nc3C2)c(OC)c1. The van der Waals surface area contributed by atoms with Gasteiger partial charge in [-0.2, -0.15) is 0 Å². The summed E-state index contributed by atoms with van der Waals surface area (Å²) in [5.41, 5.74) is 2.08. The Bertz CT molecular complexity index is 835. The van der Waals surface area contributed by atoms with Crippen LogP contribution in [-0.2, 0) is 11.2 Å². The van der Waals surface area contributed by atoms with Crippen molar-refractivity contribution in [3.8, 4) is 11.5 Å². The quantitative estimate of drug-likeness (QED) is 0.918. The first-order valence-electron chi connectivity index (χ1n) is 7.90. The number of hydrogen-bond acceptors (Lipinski definition) is 6. The van der Waals surface area contributed by atoms with Crippen LogP contribution in [0.3, 0.4) is 0 Å². The number of rotatable bonds is 4. The molecular weight excluding hydrogens is 322 g/mol. The Labute approximate surface area is 145 Å². The predicted molar refractivity (Wildman–Crippen MR) is 91.3 cm³/mol. The van der Waals surface area contributed by atoms with E-state index in [1.165, 1.54) is 13.1 Å². The van der Waals surface area contributed by atoms with Gasteiger partial charge in [0.15, 0.2) is 5.78 Å². The second kappa shape index (κ2) is 6.88. The van der Waals surface area contributed by atoms with Crippen LogP contribution >= 0.6 is 0 Å². The highest BCUT2D eigenvalue weighted by Crippen LogP contribution is 2.38. The van der Waals surface area contributed by atoms with Crippen molar-refractivity contribution in [3.05, 3.63) is 41.2 Å². The molecule has 0 saturated carbocycles. The van der Waals surface area contributed by atoms with Gasteiger partial charge in [-0.1, -0.05) is 6.07 Å². The summed E-state index contributed by atoms with van der Waals surface area (Å²) in [6.07, 6.45) is 2.41. The molecule has 0 radical (unpaired) electrons. The van der Waals surface area contributed by atoms with Gasteiger partial charge in [0.05, 0.1) is 25.5 Å². The first-order valence-corrected chi connectivity index (χ1v) is 7.90. The smallest absolute Gasteiger partial charge is 0.229 e. The van der Waals surface area contributed by atoms with Gasteiger partial charge in [-0.25, -0.2) is 9.97 Å². The van der Waals surface area contributed by atoms with Crippen LogP contribution in [-0.4, -0.2) is 35.9 Å². The summed E-state index contributed by atoms with van der Waals surface area (Å²) in [6.45, 7) is 1.39. The van der Waals surface area contributed by atoms with E-state index in [1.807, 2.05) is 12.1 Å². The minimum absolute atomic E-state index is 0.0153. The van der Waals surface area contributed by atoms with Crippen molar-refractivity contribution in [2.24, 2.45) is 0 Å². The van der Waals surface area contributed by atoms with Gasteiger partial charge in [0.1, 0.15) is 11.5 Å². The van der Waals surface area contributed by atoms with E-state index in [9.17, 15) is 9.59 Å². The highest BCUT2D eigenvalue weighted by molar-refractivity contribution is 5.98. The molecule has 1 amide bonds. The van der Waals surface area contributed by atoms with Crippen molar-refractivity contribution in [2.75, 3.05) is 19.5 Å². The van der Waals surface area contributed by atoms with E-state index >= 15 is 0 Å². The van der Waals surface area contributed by atoms with Gasteiger partial charge in [-0.3, -0.25) is 14.9 Å². The van der Waals surface area contributed by atoms with Gasteiger partial charge < -0.3 is 9.47 Å². The fraction of sp³-hybridized carbons (Fsp3) is 0.333. The number of fused-ring (bicyclic) bond motifs is 1. The number of carbonyl (C=O) groups is 2. The van der Waals surface area contributed by atoms with Gasteiger partial charge in [-0.15, -0.1) is 0 Å². The summed E-state index contributed by atoms with van der Waals surface area (Å²) in [5, 5.41) is 2.55. The number of nitrogens with zero attached hydrogens (tertiary/aromatic N) is 2. The maximum Gasteiger partial charge on any atom is 0.229 e. The summed E-state index contributed by atoms with van der Waals surface area (Å²) in [7, 11) is 3.18. The van der Waals surface area contributed by atoms with Crippen molar-refractivity contribution in [1.29, 1.82) is 0 Å². The molecule has 0 unspecified atom stereocenters. The molecule has 1 aliphatic carbocycles. The molecule has 2 aromatic rings. The molecule has 1 atom stereocenters. The van der Waals surface area contributed by atoms with Gasteiger partial charge in [0.2, 0.25) is 11.9 Å². The number of methoxy groups -OCH3 is 2. The van der Waals surface area contributed by atoms with Gasteiger partial charge in [0, 0.05) is 31.5 Å². The van der Waals surface area contributed by atoms with E-state index in [4.69, 9.17) is 9.47 Å². The summed E-state index contributed by atoms with van der Waals surface area (Å²) in [4.78, 5) is 32.1. The fourth-order valence-corrected chi connectivity index (χ4v) is 3.04. The lowest BCUT2D eigenvalue weighted by molar-refractivity contribution is -0.114. The molecule has 0 bridgehead atoms. The minimum Gasteiger partial charge on any atom is -0.497 e. The maximum atomic E-state index is 12.5. The van der Waals surface area contributed by atoms with Crippen LogP contribution < -0.4 is 14.8 Å². The van der Waals surface area contributed by atoms with E-state index in [0.717, 1.165) is 5.56 Å². The standard InChI is InChI=1S/C18H19N3O4/c1-10(22)20-18-19-9-14-15(21-18)6-11(7-16(14)23)13-5-4-12(24-2)8-17(13)25-3/h4-5,8-9,11H,6-7H2,1-3H3,(H,19,20,21,22)/t11-/m1/s1. The van der Waals surface area contributed by atoms with E-state index < -0.39 is 0 Å². The first-order chi connectivity index (χ1) is 12.0. The molecule has 0 saturated heterocycles. The largest absolute Gasteiger partial charge is 0.497 e. The molecule has 7 nitrogen and oxygen atoms in total. The lowest BCUT2D eigenvalue weighted by Gasteiger charge is -2.25. The van der Waals surface area contributed by atoms with E-state index in [0.29, 0.717) is 35.6 Å². The van der Waals surface area contributed by atoms with Crippen molar-refractivity contribution in [2.45, 2.75) is 25.7 Å². The average molecular weight is 341 g/mol. The number of hydrogen-bond donors (Lipinski definition) is 1. The van der Waals surface area contributed by atoms with Crippen molar-refractivity contribution in [3.63, 3.8) is 0 Å². The van der Waals surface area contributed by atoms with E-state index in [1.54, 1.807) is 20.3 Å². The van der Waals surface area contributed by atoms with Gasteiger partial charge in [-0.05, 0) is 18.1 Å². The number of aromatic nitrogens is 2. The lowest BCUT2D eigenvalue weighted by atomic mass is 9.82. The Kier molecular flexibility index (Phi) is 4.65. The Balaban J connectivity index is 1.95. The molecule has 1 aliphatic rings. The van der Waals surface area contributed by atoms with Gasteiger partial charge in [0.25, 0.3) is 0 Å². The first kappa shape index (κ1) is 16.9. The molecule has 1 heterocycles. The average Bonchev–Trinajstić information content (AvgIpc) is 2.60. The van der Waals surface area contributed by atoms with Crippen LogP contribution in [0, 0.1) is 0 Å². The molecular formula is C18H19N3O4. The van der Waals surface area contributed by atoms with Crippen LogP contribution in [0.15, 0.2) is 24.4 Å². The van der Waals surface area contributed by atoms with Crippen LogP contribution in [0.4, 0.5) is 5.95 Å². The van der Waals surface area contributed by atoms with Crippen molar-refractivity contribution >= 4 is 17.6 Å². The zero-order chi connectivity index (χ0) is 18.0. The number of ether oxygens (including phenoxy) is 2. The summed E-state index contributed by atoms with van der Waals surface area (Å²) in [5.74, 6) is 1.26. The fourth-order valence-electron chi connectivity index (χ4n) is 3.04. The number of benzene rings is 1. The number of anilines is 1. The molecule has 0 spiro atoms. The molecule has 130 valence electrons. The number of nitrogens with one attached hydrogen (secondary N) is 1. The monoisotopic (exact) mass is 341 g/mol. The molecule has 0 fully saturated rings. The third-order valence-electron chi connectivity index (χ3n) is 4.21. The third kappa shape index (κ3) is 3.45. The Hall–Kier alpha value is -2.96. The van der Waals surface area contributed by atoms with Crippen LogP contribution in [0.1, 0.15) is 40.9 Å². The van der Waals surface area contributed by atoms with Crippen LogP contribution in [0.25, 0.3) is 0 Å². The maximum absolute atomic E-state index is 12.5. The van der Waals surface area contributed by atoms with Gasteiger partial charge >= 0.3 is 0 Å².